The molecule has 0 bridgehead atoms. The minimum absolute atomic E-state index is 0.0330. The van der Waals surface area contributed by atoms with E-state index in [-0.39, 0.29) is 21.8 Å². The molecule has 0 aliphatic heterocycles. The van der Waals surface area contributed by atoms with Crippen molar-refractivity contribution in [2.24, 2.45) is 0 Å². The molecule has 0 radical (unpaired) electrons. The van der Waals surface area contributed by atoms with Crippen LogP contribution in [0.4, 0.5) is 10.1 Å². The summed E-state index contributed by atoms with van der Waals surface area (Å²) in [4.78, 5) is 29.5. The van der Waals surface area contributed by atoms with Gasteiger partial charge in [-0.2, -0.15) is 0 Å². The number of esters is 1. The van der Waals surface area contributed by atoms with E-state index < -0.39 is 17.7 Å². The fraction of sp³-hybridized carbons (Fsp3) is 0.0417. The fourth-order valence-electron chi connectivity index (χ4n) is 3.27. The van der Waals surface area contributed by atoms with E-state index >= 15 is 0 Å². The highest BCUT2D eigenvalue weighted by atomic mass is 79.9. The molecule has 1 aromatic heterocycles. The largest absolute Gasteiger partial charge is 0.465 e. The third-order valence-electron chi connectivity index (χ3n) is 4.80. The molecule has 0 aliphatic rings. The number of pyridine rings is 1. The number of hydrogen-bond acceptors (Lipinski definition) is 4. The van der Waals surface area contributed by atoms with Crippen molar-refractivity contribution in [3.05, 3.63) is 93.2 Å². The summed E-state index contributed by atoms with van der Waals surface area (Å²) in [5.74, 6) is -2.06. The first-order valence-electron chi connectivity index (χ1n) is 9.42. The van der Waals surface area contributed by atoms with E-state index in [1.54, 1.807) is 12.1 Å². The molecule has 4 rings (SSSR count). The van der Waals surface area contributed by atoms with E-state index in [1.165, 1.54) is 19.2 Å². The summed E-state index contributed by atoms with van der Waals surface area (Å²) in [6.45, 7) is 0. The van der Waals surface area contributed by atoms with Gasteiger partial charge in [0, 0.05) is 15.4 Å². The molecular formula is C24H15BrClFN2O3. The van der Waals surface area contributed by atoms with Crippen molar-refractivity contribution < 1.29 is 18.7 Å². The Balaban J connectivity index is 1.82. The highest BCUT2D eigenvalue weighted by Crippen LogP contribution is 2.35. The average Bonchev–Trinajstić information content (AvgIpc) is 2.80. The number of hydrogen-bond donors (Lipinski definition) is 1. The maximum Gasteiger partial charge on any atom is 0.337 e. The van der Waals surface area contributed by atoms with Crippen LogP contribution in [-0.2, 0) is 4.74 Å². The Bertz CT molecular complexity index is 1360. The number of carbonyl (C=O) groups is 2. The van der Waals surface area contributed by atoms with Crippen LogP contribution >= 0.6 is 27.5 Å². The quantitative estimate of drug-likeness (QED) is 0.317. The molecule has 0 aliphatic carbocycles. The molecule has 1 N–H and O–H groups in total. The Hall–Kier alpha value is -3.29. The zero-order valence-electron chi connectivity index (χ0n) is 16.7. The Kier molecular flexibility index (Phi) is 6.21. The number of methoxy groups -OCH3 is 1. The van der Waals surface area contributed by atoms with E-state index in [1.807, 2.05) is 36.4 Å². The minimum atomic E-state index is -0.778. The zero-order chi connectivity index (χ0) is 22.8. The van der Waals surface area contributed by atoms with Gasteiger partial charge in [-0.25, -0.2) is 14.2 Å². The standard InChI is InChI=1S/C24H15BrClFN2O3/c1-32-24(31)14-7-9-19(17(27)11-14)29-23(30)20-16-12-15(25)8-10-18(16)28-22(21(20)26)13-5-3-2-4-6-13/h2-12H,1H3,(H,29,30). The number of nitrogens with one attached hydrogen (secondary N) is 1. The van der Waals surface area contributed by atoms with Crippen molar-refractivity contribution >= 4 is 56.0 Å². The van der Waals surface area contributed by atoms with Crippen LogP contribution in [0, 0.1) is 5.82 Å². The Labute approximate surface area is 196 Å². The summed E-state index contributed by atoms with van der Waals surface area (Å²) in [6.07, 6.45) is 0. The fourth-order valence-corrected chi connectivity index (χ4v) is 3.97. The van der Waals surface area contributed by atoms with Crippen LogP contribution in [0.25, 0.3) is 22.2 Å². The predicted molar refractivity (Wildman–Crippen MR) is 126 cm³/mol. The lowest BCUT2D eigenvalue weighted by molar-refractivity contribution is 0.0600. The SMILES string of the molecule is COC(=O)c1ccc(NC(=O)c2c(Cl)c(-c3ccccc3)nc3ccc(Br)cc23)c(F)c1. The first kappa shape index (κ1) is 21.9. The number of aromatic nitrogens is 1. The molecule has 0 saturated carbocycles. The molecule has 0 spiro atoms. The van der Waals surface area contributed by atoms with Gasteiger partial charge in [-0.05, 0) is 36.4 Å². The molecule has 1 heterocycles. The number of rotatable bonds is 4. The van der Waals surface area contributed by atoms with Gasteiger partial charge in [-0.3, -0.25) is 4.79 Å². The minimum Gasteiger partial charge on any atom is -0.465 e. The lowest BCUT2D eigenvalue weighted by Crippen LogP contribution is -2.15. The van der Waals surface area contributed by atoms with Gasteiger partial charge in [0.1, 0.15) is 5.82 Å². The number of halogens is 3. The van der Waals surface area contributed by atoms with Crippen molar-refractivity contribution in [1.82, 2.24) is 4.98 Å². The molecule has 32 heavy (non-hydrogen) atoms. The van der Waals surface area contributed by atoms with Crippen molar-refractivity contribution in [3.8, 4) is 11.3 Å². The molecule has 1 amide bonds. The van der Waals surface area contributed by atoms with Gasteiger partial charge in [0.15, 0.2) is 0 Å². The normalized spacial score (nSPS) is 10.8. The average molecular weight is 514 g/mol. The van der Waals surface area contributed by atoms with Crippen molar-refractivity contribution in [2.75, 3.05) is 12.4 Å². The van der Waals surface area contributed by atoms with Crippen molar-refractivity contribution in [3.63, 3.8) is 0 Å². The third kappa shape index (κ3) is 4.22. The molecule has 0 atom stereocenters. The van der Waals surface area contributed by atoms with E-state index in [4.69, 9.17) is 11.6 Å². The lowest BCUT2D eigenvalue weighted by atomic mass is 10.0. The predicted octanol–water partition coefficient (Wildman–Crippen LogP) is 6.50. The maximum absolute atomic E-state index is 14.6. The molecule has 3 aromatic carbocycles. The third-order valence-corrected chi connectivity index (χ3v) is 5.66. The molecule has 8 heteroatoms. The maximum atomic E-state index is 14.6. The first-order valence-corrected chi connectivity index (χ1v) is 10.6. The smallest absolute Gasteiger partial charge is 0.337 e. The highest BCUT2D eigenvalue weighted by Gasteiger charge is 2.22. The van der Waals surface area contributed by atoms with Gasteiger partial charge in [0.2, 0.25) is 0 Å². The molecule has 5 nitrogen and oxygen atoms in total. The molecule has 0 unspecified atom stereocenters. The van der Waals surface area contributed by atoms with Crippen LogP contribution in [-0.4, -0.2) is 24.0 Å². The number of ether oxygens (including phenoxy) is 1. The second kappa shape index (κ2) is 9.06. The number of benzene rings is 3. The number of nitrogens with zero attached hydrogens (tertiary/aromatic N) is 1. The summed E-state index contributed by atoms with van der Waals surface area (Å²) in [5, 5.41) is 3.20. The van der Waals surface area contributed by atoms with Gasteiger partial charge in [-0.1, -0.05) is 57.9 Å². The second-order valence-electron chi connectivity index (χ2n) is 6.82. The van der Waals surface area contributed by atoms with Gasteiger partial charge in [0.25, 0.3) is 5.91 Å². The van der Waals surface area contributed by atoms with Crippen LogP contribution in [0.5, 0.6) is 0 Å². The monoisotopic (exact) mass is 512 g/mol. The topological polar surface area (TPSA) is 68.3 Å². The van der Waals surface area contributed by atoms with Crippen LogP contribution in [0.3, 0.4) is 0 Å². The molecule has 0 fully saturated rings. The number of amides is 1. The van der Waals surface area contributed by atoms with Gasteiger partial charge in [0.05, 0.1) is 40.2 Å². The van der Waals surface area contributed by atoms with Gasteiger partial charge < -0.3 is 10.1 Å². The Morgan fingerprint density at radius 2 is 1.81 bits per heavy atom. The summed E-state index contributed by atoms with van der Waals surface area (Å²) in [6, 6.07) is 18.2. The molecule has 160 valence electrons. The molecule has 4 aromatic rings. The molecule has 0 saturated heterocycles. The van der Waals surface area contributed by atoms with E-state index in [9.17, 15) is 14.0 Å². The molecular weight excluding hydrogens is 499 g/mol. The Morgan fingerprint density at radius 3 is 2.50 bits per heavy atom. The van der Waals surface area contributed by atoms with Crippen LogP contribution in [0.2, 0.25) is 5.02 Å². The summed E-state index contributed by atoms with van der Waals surface area (Å²) >= 11 is 10.1. The van der Waals surface area contributed by atoms with E-state index in [0.717, 1.165) is 16.1 Å². The zero-order valence-corrected chi connectivity index (χ0v) is 19.0. The summed E-state index contributed by atoms with van der Waals surface area (Å²) in [5.41, 5.74) is 1.83. The van der Waals surface area contributed by atoms with Crippen LogP contribution in [0.15, 0.2) is 71.2 Å². The van der Waals surface area contributed by atoms with E-state index in [0.29, 0.717) is 16.6 Å². The number of anilines is 1. The van der Waals surface area contributed by atoms with Crippen LogP contribution in [0.1, 0.15) is 20.7 Å². The van der Waals surface area contributed by atoms with E-state index in [2.05, 4.69) is 31.0 Å². The van der Waals surface area contributed by atoms with Crippen molar-refractivity contribution in [2.45, 2.75) is 0 Å². The van der Waals surface area contributed by atoms with Gasteiger partial charge in [-0.15, -0.1) is 0 Å². The second-order valence-corrected chi connectivity index (χ2v) is 8.11. The summed E-state index contributed by atoms with van der Waals surface area (Å²) in [7, 11) is 1.20. The van der Waals surface area contributed by atoms with Crippen LogP contribution < -0.4 is 5.32 Å². The van der Waals surface area contributed by atoms with Crippen molar-refractivity contribution in [1.29, 1.82) is 0 Å². The first-order chi connectivity index (χ1) is 15.4. The number of fused-ring (bicyclic) bond motifs is 1. The van der Waals surface area contributed by atoms with Gasteiger partial charge >= 0.3 is 5.97 Å². The summed E-state index contributed by atoms with van der Waals surface area (Å²) < 4.78 is 19.9. The highest BCUT2D eigenvalue weighted by molar-refractivity contribution is 9.10. The Morgan fingerprint density at radius 1 is 1.06 bits per heavy atom. The number of carbonyl (C=O) groups excluding carboxylic acids is 2. The lowest BCUT2D eigenvalue weighted by Gasteiger charge is -2.14.